The van der Waals surface area contributed by atoms with Crippen LogP contribution in [0.1, 0.15) is 25.7 Å². The van der Waals surface area contributed by atoms with Crippen molar-refractivity contribution in [2.75, 3.05) is 25.9 Å². The summed E-state index contributed by atoms with van der Waals surface area (Å²) >= 11 is 0. The summed E-state index contributed by atoms with van der Waals surface area (Å²) in [7, 11) is -3.60. The highest BCUT2D eigenvalue weighted by molar-refractivity contribution is 7.85. The van der Waals surface area contributed by atoms with Crippen molar-refractivity contribution in [3.05, 3.63) is 0 Å². The van der Waals surface area contributed by atoms with Gasteiger partial charge in [0, 0.05) is 16.1 Å². The molecule has 0 fully saturated rings. The average molecular weight is 382 g/mol. The van der Waals surface area contributed by atoms with E-state index in [9.17, 15) is 8.42 Å². The van der Waals surface area contributed by atoms with Crippen LogP contribution in [0, 0.1) is 0 Å². The van der Waals surface area contributed by atoms with Crippen LogP contribution in [0.3, 0.4) is 0 Å². The molecule has 0 amide bonds. The monoisotopic (exact) mass is 381 g/mol. The van der Waals surface area contributed by atoms with Gasteiger partial charge in [-0.2, -0.15) is 8.42 Å². The molecule has 0 rings (SSSR count). The van der Waals surface area contributed by atoms with Crippen LogP contribution < -0.4 is 0 Å². The first-order valence-electron chi connectivity index (χ1n) is 8.94. The maximum Gasteiger partial charge on any atom is 0.264 e. The van der Waals surface area contributed by atoms with Gasteiger partial charge in [0.2, 0.25) is 0 Å². The third-order valence-electron chi connectivity index (χ3n) is 4.39. The maximum atomic E-state index is 10.6. The molecule has 4 nitrogen and oxygen atoms in total. The lowest BCUT2D eigenvalue weighted by Crippen LogP contribution is -2.30. The molecule has 0 aliphatic heterocycles. The van der Waals surface area contributed by atoms with Gasteiger partial charge in [-0.15, -0.1) is 0 Å². The fourth-order valence-electron chi connectivity index (χ4n) is 2.60. The Labute approximate surface area is 146 Å². The van der Waals surface area contributed by atoms with Crippen LogP contribution in [0.15, 0.2) is 0 Å². The minimum absolute atomic E-state index is 0.113. The first-order valence-corrected chi connectivity index (χ1v) is 17.7. The summed E-state index contributed by atoms with van der Waals surface area (Å²) in [6, 6.07) is 4.38. The third kappa shape index (κ3) is 16.9. The normalized spacial score (nSPS) is 13.7. The summed E-state index contributed by atoms with van der Waals surface area (Å²) in [5.41, 5.74) is 0. The molecule has 23 heavy (non-hydrogen) atoms. The molecule has 0 aliphatic rings. The molecule has 0 aromatic carbocycles. The smallest absolute Gasteiger partial charge is 0.264 e. The quantitative estimate of drug-likeness (QED) is 0.291. The third-order valence-corrected chi connectivity index (χ3v) is 10.8. The van der Waals surface area contributed by atoms with E-state index >= 15 is 0 Å². The highest BCUT2D eigenvalue weighted by atomic mass is 32.2. The molecule has 0 aromatic heterocycles. The Morgan fingerprint density at radius 2 is 1.35 bits per heavy atom. The van der Waals surface area contributed by atoms with Crippen LogP contribution in [-0.2, 0) is 10.1 Å². The molecule has 7 heteroatoms. The van der Waals surface area contributed by atoms with Crippen molar-refractivity contribution >= 4 is 26.3 Å². The van der Waals surface area contributed by atoms with Gasteiger partial charge in [-0.05, 0) is 39.4 Å². The Bertz CT molecular complexity index is 420. The van der Waals surface area contributed by atoms with E-state index in [0.717, 1.165) is 19.5 Å². The number of unbranched alkanes of at least 4 members (excludes halogenated alkanes) is 2. The molecule has 0 radical (unpaired) electrons. The number of hydrogen-bond donors (Lipinski definition) is 1. The van der Waals surface area contributed by atoms with Crippen LogP contribution in [0.5, 0.6) is 0 Å². The standard InChI is InChI=1S/C16H39NO3SSi2/c1-17(11-7-9-13-21(18,19)20)12-8-10-14-23(5,6)16-15-22(2,3)4/h7-16H2,1-6H3,(H,18,19,20). The van der Waals surface area contributed by atoms with Gasteiger partial charge < -0.3 is 4.90 Å². The van der Waals surface area contributed by atoms with Crippen molar-refractivity contribution in [2.45, 2.75) is 76.6 Å². The van der Waals surface area contributed by atoms with Crippen molar-refractivity contribution in [3.8, 4) is 0 Å². The van der Waals surface area contributed by atoms with Crippen molar-refractivity contribution in [3.63, 3.8) is 0 Å². The van der Waals surface area contributed by atoms with Gasteiger partial charge >= 0.3 is 0 Å². The van der Waals surface area contributed by atoms with Crippen LogP contribution in [0.4, 0.5) is 0 Å². The molecule has 0 atom stereocenters. The molecule has 0 aromatic rings. The van der Waals surface area contributed by atoms with E-state index < -0.39 is 26.3 Å². The second-order valence-corrected chi connectivity index (χ2v) is 21.5. The zero-order chi connectivity index (χ0) is 18.1. The summed E-state index contributed by atoms with van der Waals surface area (Å²) in [5.74, 6) is -0.113. The Kier molecular flexibility index (Phi) is 10.5. The van der Waals surface area contributed by atoms with E-state index in [4.69, 9.17) is 4.55 Å². The van der Waals surface area contributed by atoms with Gasteiger partial charge in [-0.1, -0.05) is 57.3 Å². The lowest BCUT2D eigenvalue weighted by atomic mass is 10.3. The summed E-state index contributed by atoms with van der Waals surface area (Å²) in [6.45, 7) is 14.5. The Morgan fingerprint density at radius 1 is 0.826 bits per heavy atom. The predicted octanol–water partition coefficient (Wildman–Crippen LogP) is 4.41. The van der Waals surface area contributed by atoms with Crippen LogP contribution >= 0.6 is 0 Å². The first-order chi connectivity index (χ1) is 10.3. The summed E-state index contributed by atoms with van der Waals surface area (Å²) in [5, 5.41) is 0. The molecule has 0 spiro atoms. The maximum absolute atomic E-state index is 10.6. The second-order valence-electron chi connectivity index (χ2n) is 8.98. The van der Waals surface area contributed by atoms with Gasteiger partial charge in [0.15, 0.2) is 0 Å². The van der Waals surface area contributed by atoms with Gasteiger partial charge in [0.05, 0.1) is 5.75 Å². The Hall–Kier alpha value is 0.304. The van der Waals surface area contributed by atoms with Gasteiger partial charge in [0.1, 0.15) is 0 Å². The molecule has 140 valence electrons. The van der Waals surface area contributed by atoms with E-state index in [-0.39, 0.29) is 5.75 Å². The molecule has 0 heterocycles. The van der Waals surface area contributed by atoms with Gasteiger partial charge in [-0.3, -0.25) is 4.55 Å². The lowest BCUT2D eigenvalue weighted by Gasteiger charge is -2.26. The zero-order valence-corrected chi connectivity index (χ0v) is 19.0. The van der Waals surface area contributed by atoms with E-state index in [1.807, 2.05) is 0 Å². The SMILES string of the molecule is CN(CCCC[Si](C)(C)CC[Si](C)(C)C)CCCCS(=O)(=O)O. The van der Waals surface area contributed by atoms with E-state index in [1.165, 1.54) is 31.0 Å². The molecule has 0 saturated carbocycles. The van der Waals surface area contributed by atoms with Crippen LogP contribution in [0.25, 0.3) is 0 Å². The van der Waals surface area contributed by atoms with Crippen molar-refractivity contribution in [1.82, 2.24) is 4.90 Å². The average Bonchev–Trinajstić information content (AvgIpc) is 2.36. The topological polar surface area (TPSA) is 57.6 Å². The number of rotatable bonds is 13. The number of hydrogen-bond acceptors (Lipinski definition) is 3. The molecular formula is C16H39NO3SSi2. The van der Waals surface area contributed by atoms with Gasteiger partial charge in [0.25, 0.3) is 10.1 Å². The van der Waals surface area contributed by atoms with Crippen molar-refractivity contribution in [2.24, 2.45) is 0 Å². The molecule has 0 aliphatic carbocycles. The fraction of sp³-hybridized carbons (Fsp3) is 1.00. The molecule has 1 N–H and O–H groups in total. The van der Waals surface area contributed by atoms with E-state index in [0.29, 0.717) is 6.42 Å². The van der Waals surface area contributed by atoms with Crippen molar-refractivity contribution < 1.29 is 13.0 Å². The first kappa shape index (κ1) is 23.3. The fourth-order valence-corrected chi connectivity index (χ4v) is 10.3. The van der Waals surface area contributed by atoms with Gasteiger partial charge in [-0.25, -0.2) is 0 Å². The highest BCUT2D eigenvalue weighted by Gasteiger charge is 2.23. The second kappa shape index (κ2) is 10.3. The number of nitrogens with zero attached hydrogens (tertiary/aromatic N) is 1. The lowest BCUT2D eigenvalue weighted by molar-refractivity contribution is 0.322. The highest BCUT2D eigenvalue weighted by Crippen LogP contribution is 2.25. The van der Waals surface area contributed by atoms with Crippen molar-refractivity contribution in [1.29, 1.82) is 0 Å². The largest absolute Gasteiger partial charge is 0.306 e. The summed E-state index contributed by atoms with van der Waals surface area (Å²) in [4.78, 5) is 2.28. The van der Waals surface area contributed by atoms with E-state index in [2.05, 4.69) is 44.7 Å². The predicted molar refractivity (Wildman–Crippen MR) is 108 cm³/mol. The Morgan fingerprint density at radius 3 is 1.83 bits per heavy atom. The zero-order valence-electron chi connectivity index (χ0n) is 16.2. The van der Waals surface area contributed by atoms with Crippen LogP contribution in [-0.4, -0.2) is 59.9 Å². The molecular weight excluding hydrogens is 342 g/mol. The minimum atomic E-state index is -3.79. The van der Waals surface area contributed by atoms with E-state index in [1.54, 1.807) is 0 Å². The Balaban J connectivity index is 3.73. The summed E-state index contributed by atoms with van der Waals surface area (Å²) < 4.78 is 30.0. The molecule has 0 saturated heterocycles. The minimum Gasteiger partial charge on any atom is -0.306 e. The molecule has 0 bridgehead atoms. The molecule has 0 unspecified atom stereocenters. The van der Waals surface area contributed by atoms with Crippen LogP contribution in [0.2, 0.25) is 50.9 Å². The summed E-state index contributed by atoms with van der Waals surface area (Å²) in [6.07, 6.45) is 3.92.